The molecule has 0 radical (unpaired) electrons. The highest BCUT2D eigenvalue weighted by Crippen LogP contribution is 2.17. The number of thiocarbonyl (C=S) groups is 1. The number of amides is 1. The molecule has 0 aliphatic heterocycles. The molecule has 0 bridgehead atoms. The molecule has 5 heteroatoms. The van der Waals surface area contributed by atoms with E-state index in [4.69, 9.17) is 12.2 Å². The Balaban J connectivity index is 2.64. The van der Waals surface area contributed by atoms with Crippen molar-refractivity contribution in [2.75, 3.05) is 18.4 Å². The van der Waals surface area contributed by atoms with Crippen LogP contribution in [-0.4, -0.2) is 34.5 Å². The van der Waals surface area contributed by atoms with Gasteiger partial charge in [0.25, 0.3) is 0 Å². The molecule has 0 heterocycles. The molecule has 1 amide bonds. The summed E-state index contributed by atoms with van der Waals surface area (Å²) in [6.07, 6.45) is 0. The van der Waals surface area contributed by atoms with Crippen LogP contribution in [0.2, 0.25) is 0 Å². The molecule has 23 heavy (non-hydrogen) atoms. The lowest BCUT2D eigenvalue weighted by molar-refractivity contribution is -0.122. The minimum absolute atomic E-state index is 0.0290. The van der Waals surface area contributed by atoms with E-state index in [1.807, 2.05) is 44.7 Å². The number of carbonyl (C=O) groups excluding carboxylic acids is 1. The Morgan fingerprint density at radius 1 is 1.22 bits per heavy atom. The van der Waals surface area contributed by atoms with E-state index >= 15 is 0 Å². The molecule has 0 aromatic heterocycles. The number of nitrogens with one attached hydrogen (secondary N) is 2. The highest BCUT2D eigenvalue weighted by atomic mass is 32.1. The predicted octanol–water partition coefficient (Wildman–Crippen LogP) is 3.74. The number of likely N-dealkylation sites (N-methyl/N-ethyl adjacent to an activating group) is 1. The predicted molar refractivity (Wildman–Crippen MR) is 102 cm³/mol. The summed E-state index contributed by atoms with van der Waals surface area (Å²) in [4.78, 5) is 13.9. The lowest BCUT2D eigenvalue weighted by Crippen LogP contribution is -2.48. The van der Waals surface area contributed by atoms with Crippen LogP contribution in [0.1, 0.15) is 53.0 Å². The van der Waals surface area contributed by atoms with Crippen LogP contribution < -0.4 is 10.6 Å². The van der Waals surface area contributed by atoms with E-state index in [1.165, 1.54) is 5.56 Å². The highest BCUT2D eigenvalue weighted by molar-refractivity contribution is 7.80. The topological polar surface area (TPSA) is 44.4 Å². The molecule has 0 fully saturated rings. The number of hydrogen-bond acceptors (Lipinski definition) is 2. The lowest BCUT2D eigenvalue weighted by Gasteiger charge is -2.27. The first-order chi connectivity index (χ1) is 10.6. The van der Waals surface area contributed by atoms with Gasteiger partial charge >= 0.3 is 0 Å². The van der Waals surface area contributed by atoms with Gasteiger partial charge in [-0.25, -0.2) is 0 Å². The number of anilines is 1. The maximum Gasteiger partial charge on any atom is 0.240 e. The van der Waals surface area contributed by atoms with E-state index < -0.39 is 0 Å². The van der Waals surface area contributed by atoms with Crippen LogP contribution in [0.15, 0.2) is 24.3 Å². The molecule has 0 unspecified atom stereocenters. The van der Waals surface area contributed by atoms with Gasteiger partial charge in [-0.1, -0.05) is 26.0 Å². The summed E-state index contributed by atoms with van der Waals surface area (Å²) in [7, 11) is 0. The first kappa shape index (κ1) is 19.4. The van der Waals surface area contributed by atoms with Gasteiger partial charge in [0.1, 0.15) is 0 Å². The SMILES string of the molecule is CCN(CC(=O)NC(C)(C)C)C(=S)Nc1ccc(C(C)C)cc1. The number of benzene rings is 1. The van der Waals surface area contributed by atoms with Crippen LogP contribution in [0, 0.1) is 0 Å². The second-order valence-corrected chi connectivity index (χ2v) is 7.41. The number of rotatable bonds is 5. The molecule has 1 rings (SSSR count). The zero-order valence-electron chi connectivity index (χ0n) is 15.1. The third kappa shape index (κ3) is 6.99. The monoisotopic (exact) mass is 335 g/mol. The minimum Gasteiger partial charge on any atom is -0.350 e. The van der Waals surface area contributed by atoms with Crippen molar-refractivity contribution >= 4 is 28.9 Å². The number of carbonyl (C=O) groups is 1. The van der Waals surface area contributed by atoms with E-state index in [-0.39, 0.29) is 18.0 Å². The van der Waals surface area contributed by atoms with Crippen molar-refractivity contribution in [2.45, 2.75) is 53.0 Å². The van der Waals surface area contributed by atoms with Crippen molar-refractivity contribution in [3.8, 4) is 0 Å². The Labute approximate surface area is 145 Å². The molecule has 1 aromatic carbocycles. The summed E-state index contributed by atoms with van der Waals surface area (Å²) in [5.41, 5.74) is 1.99. The van der Waals surface area contributed by atoms with Crippen LogP contribution in [0.5, 0.6) is 0 Å². The first-order valence-electron chi connectivity index (χ1n) is 8.09. The second kappa shape index (κ2) is 8.29. The molecule has 128 valence electrons. The standard InChI is InChI=1S/C18H29N3OS/c1-7-21(12-16(22)20-18(4,5)6)17(23)19-15-10-8-14(9-11-15)13(2)3/h8-11,13H,7,12H2,1-6H3,(H,19,23)(H,20,22). The van der Waals surface area contributed by atoms with Crippen molar-refractivity contribution in [1.82, 2.24) is 10.2 Å². The summed E-state index contributed by atoms with van der Waals surface area (Å²) in [5.74, 6) is 0.475. The summed E-state index contributed by atoms with van der Waals surface area (Å²) >= 11 is 5.44. The van der Waals surface area contributed by atoms with Gasteiger partial charge in [0, 0.05) is 17.8 Å². The van der Waals surface area contributed by atoms with Gasteiger partial charge in [0.05, 0.1) is 6.54 Å². The largest absolute Gasteiger partial charge is 0.350 e. The summed E-state index contributed by atoms with van der Waals surface area (Å²) < 4.78 is 0. The van der Waals surface area contributed by atoms with Crippen LogP contribution >= 0.6 is 12.2 Å². The summed E-state index contributed by atoms with van der Waals surface area (Å²) in [6, 6.07) is 8.23. The Hall–Kier alpha value is -1.62. The Bertz CT molecular complexity index is 532. The van der Waals surface area contributed by atoms with E-state index in [9.17, 15) is 4.79 Å². The van der Waals surface area contributed by atoms with Gasteiger partial charge in [-0.3, -0.25) is 4.79 Å². The quantitative estimate of drug-likeness (QED) is 0.805. The molecular weight excluding hydrogens is 306 g/mol. The van der Waals surface area contributed by atoms with Crippen LogP contribution in [0.25, 0.3) is 0 Å². The Morgan fingerprint density at radius 2 is 1.78 bits per heavy atom. The van der Waals surface area contributed by atoms with Crippen molar-refractivity contribution in [3.63, 3.8) is 0 Å². The van der Waals surface area contributed by atoms with Crippen molar-refractivity contribution < 1.29 is 4.79 Å². The average Bonchev–Trinajstić information content (AvgIpc) is 2.43. The summed E-state index contributed by atoms with van der Waals surface area (Å²) in [5, 5.41) is 6.72. The van der Waals surface area contributed by atoms with E-state index in [0.29, 0.717) is 17.6 Å². The van der Waals surface area contributed by atoms with Gasteiger partial charge in [0.2, 0.25) is 5.91 Å². The Morgan fingerprint density at radius 3 is 2.22 bits per heavy atom. The third-order valence-corrected chi connectivity index (χ3v) is 3.71. The third-order valence-electron chi connectivity index (χ3n) is 3.35. The van der Waals surface area contributed by atoms with E-state index in [2.05, 4.69) is 36.6 Å². The molecule has 0 aliphatic carbocycles. The smallest absolute Gasteiger partial charge is 0.240 e. The zero-order chi connectivity index (χ0) is 17.6. The fraction of sp³-hybridized carbons (Fsp3) is 0.556. The minimum atomic E-state index is -0.238. The van der Waals surface area contributed by atoms with E-state index in [1.54, 1.807) is 0 Å². The highest BCUT2D eigenvalue weighted by Gasteiger charge is 2.17. The molecule has 1 aromatic rings. The molecule has 4 nitrogen and oxygen atoms in total. The normalized spacial score (nSPS) is 11.3. The van der Waals surface area contributed by atoms with Crippen molar-refractivity contribution in [3.05, 3.63) is 29.8 Å². The maximum atomic E-state index is 12.1. The molecule has 0 atom stereocenters. The average molecular weight is 336 g/mol. The number of hydrogen-bond donors (Lipinski definition) is 2. The number of nitrogens with zero attached hydrogens (tertiary/aromatic N) is 1. The molecule has 0 saturated heterocycles. The van der Waals surface area contributed by atoms with Gasteiger partial charge in [-0.2, -0.15) is 0 Å². The molecule has 2 N–H and O–H groups in total. The van der Waals surface area contributed by atoms with Gasteiger partial charge < -0.3 is 15.5 Å². The van der Waals surface area contributed by atoms with Crippen LogP contribution in [0.3, 0.4) is 0 Å². The summed E-state index contributed by atoms with van der Waals surface area (Å²) in [6.45, 7) is 13.1. The molecule has 0 saturated carbocycles. The maximum absolute atomic E-state index is 12.1. The van der Waals surface area contributed by atoms with Gasteiger partial charge in [-0.05, 0) is 63.5 Å². The van der Waals surface area contributed by atoms with Crippen molar-refractivity contribution in [2.24, 2.45) is 0 Å². The lowest BCUT2D eigenvalue weighted by atomic mass is 10.0. The van der Waals surface area contributed by atoms with Crippen LogP contribution in [0.4, 0.5) is 5.69 Å². The van der Waals surface area contributed by atoms with Crippen molar-refractivity contribution in [1.29, 1.82) is 0 Å². The Kier molecular flexibility index (Phi) is 7.01. The molecule has 0 aliphatic rings. The van der Waals surface area contributed by atoms with Gasteiger partial charge in [-0.15, -0.1) is 0 Å². The second-order valence-electron chi connectivity index (χ2n) is 7.02. The first-order valence-corrected chi connectivity index (χ1v) is 8.50. The van der Waals surface area contributed by atoms with Gasteiger partial charge in [0.15, 0.2) is 5.11 Å². The zero-order valence-corrected chi connectivity index (χ0v) is 15.9. The van der Waals surface area contributed by atoms with E-state index in [0.717, 1.165) is 5.69 Å². The molecular formula is C18H29N3OS. The fourth-order valence-electron chi connectivity index (χ4n) is 2.11. The molecule has 0 spiro atoms. The van der Waals surface area contributed by atoms with Crippen LogP contribution in [-0.2, 0) is 4.79 Å². The fourth-order valence-corrected chi connectivity index (χ4v) is 2.42.